The molecule has 35 heavy (non-hydrogen) atoms. The third-order valence-electron chi connectivity index (χ3n) is 5.08. The Hall–Kier alpha value is -3.75. The van der Waals surface area contributed by atoms with E-state index in [-0.39, 0.29) is 22.0 Å². The zero-order valence-electron chi connectivity index (χ0n) is 18.2. The van der Waals surface area contributed by atoms with Crippen LogP contribution in [0.4, 0.5) is 0 Å². The Bertz CT molecular complexity index is 1600. The van der Waals surface area contributed by atoms with Gasteiger partial charge in [-0.2, -0.15) is 8.42 Å². The second-order valence-corrected chi connectivity index (χ2v) is 9.11. The Morgan fingerprint density at radius 3 is 1.37 bits per heavy atom. The third kappa shape index (κ3) is 6.23. The van der Waals surface area contributed by atoms with Gasteiger partial charge in [-0.05, 0) is 85.0 Å². The van der Waals surface area contributed by atoms with Crippen LogP contribution in [0.1, 0.15) is 22.8 Å². The third-order valence-corrected chi connectivity index (χ3v) is 5.95. The first-order valence-electron chi connectivity index (χ1n) is 10.5. The molecular weight excluding hydrogens is 512 g/mol. The number of rotatable bonds is 1. The van der Waals surface area contributed by atoms with Gasteiger partial charge in [0, 0.05) is 39.1 Å². The molecule has 0 fully saturated rings. The Balaban J connectivity index is 0.000000224. The van der Waals surface area contributed by atoms with Crippen LogP contribution < -0.4 is 0 Å². The Kier molecular flexibility index (Phi) is 7.14. The fourth-order valence-corrected chi connectivity index (χ4v) is 4.04. The second-order valence-electron chi connectivity index (χ2n) is 7.69. The van der Waals surface area contributed by atoms with Gasteiger partial charge in [0.1, 0.15) is 0 Å². The molecule has 4 aromatic rings. The molecule has 0 saturated heterocycles. The zero-order valence-corrected chi connectivity index (χ0v) is 19.9. The second kappa shape index (κ2) is 10.2. The number of hydrogen-bond donors (Lipinski definition) is 3. The molecule has 0 amide bonds. The van der Waals surface area contributed by atoms with Gasteiger partial charge in [-0.25, -0.2) is 9.97 Å². The summed E-state index contributed by atoms with van der Waals surface area (Å²) in [6.07, 6.45) is 8.05. The van der Waals surface area contributed by atoms with E-state index in [2.05, 4.69) is 50.3 Å². The number of H-pyrrole nitrogens is 2. The van der Waals surface area contributed by atoms with Crippen molar-refractivity contribution in [2.45, 2.75) is 4.90 Å². The van der Waals surface area contributed by atoms with Crippen LogP contribution in [0.2, 0.25) is 0 Å². The van der Waals surface area contributed by atoms with Gasteiger partial charge >= 0.3 is 0 Å². The van der Waals surface area contributed by atoms with Crippen LogP contribution in [-0.4, -0.2) is 32.9 Å². The maximum Gasteiger partial charge on any atom is 0.294 e. The number of aromatic amines is 2. The molecule has 5 heterocycles. The maximum atomic E-state index is 10.4. The predicted molar refractivity (Wildman–Crippen MR) is 135 cm³/mol. The number of aromatic nitrogens is 4. The van der Waals surface area contributed by atoms with Crippen molar-refractivity contribution in [1.29, 1.82) is 0 Å². The van der Waals surface area contributed by atoms with Crippen LogP contribution in [0.15, 0.2) is 83.8 Å². The van der Waals surface area contributed by atoms with Crippen LogP contribution in [0.25, 0.3) is 46.4 Å². The average Bonchev–Trinajstić information content (AvgIpc) is 3.60. The van der Waals surface area contributed by atoms with E-state index in [1.54, 1.807) is 18.2 Å². The zero-order chi connectivity index (χ0) is 23.5. The normalized spacial score (nSPS) is 11.9. The molecule has 1 radical (unpaired) electrons. The van der Waals surface area contributed by atoms with Crippen LogP contribution in [0.3, 0.4) is 0 Å². The van der Waals surface area contributed by atoms with Crippen molar-refractivity contribution in [1.82, 2.24) is 19.9 Å². The average molecular weight is 532 g/mol. The molecule has 0 saturated carbocycles. The van der Waals surface area contributed by atoms with Crippen LogP contribution >= 0.6 is 0 Å². The molecule has 1 aromatic carbocycles. The molecule has 3 aromatic heterocycles. The van der Waals surface area contributed by atoms with Crippen molar-refractivity contribution >= 4 is 56.5 Å². The largest absolute Gasteiger partial charge is 0.355 e. The van der Waals surface area contributed by atoms with Gasteiger partial charge in [0.2, 0.25) is 0 Å². The smallest absolute Gasteiger partial charge is 0.294 e. The molecule has 0 atom stereocenters. The molecule has 6 rings (SSSR count). The van der Waals surface area contributed by atoms with E-state index >= 15 is 0 Å². The number of fused-ring (bicyclic) bond motifs is 8. The van der Waals surface area contributed by atoms with Crippen LogP contribution in [0, 0.1) is 0 Å². The summed E-state index contributed by atoms with van der Waals surface area (Å²) in [5.74, 6) is 0. The van der Waals surface area contributed by atoms with E-state index in [0.717, 1.165) is 44.8 Å². The van der Waals surface area contributed by atoms with E-state index in [4.69, 9.17) is 4.55 Å². The number of benzene rings is 1. The van der Waals surface area contributed by atoms with Crippen molar-refractivity contribution in [3.05, 3.63) is 102 Å². The molecule has 0 spiro atoms. The summed E-state index contributed by atoms with van der Waals surface area (Å²) in [5, 5.41) is 0. The first-order chi connectivity index (χ1) is 16.4. The summed E-state index contributed by atoms with van der Waals surface area (Å²) in [7, 11) is -4.00. The number of nitrogens with one attached hydrogen (secondary N) is 2. The first kappa shape index (κ1) is 24.4. The Morgan fingerprint density at radius 1 is 0.571 bits per heavy atom. The molecule has 2 aliphatic heterocycles. The SMILES string of the molecule is C1=Cc2cc3ccc(cc4ccc(cc5nc(cc1n2)C=C5)[nH]4)[nH]3.O=S(=O)(O)c1ccccc1.[Cu]. The summed E-state index contributed by atoms with van der Waals surface area (Å²) < 4.78 is 29.2. The molecule has 0 unspecified atom stereocenters. The minimum Gasteiger partial charge on any atom is -0.355 e. The van der Waals surface area contributed by atoms with E-state index in [1.165, 1.54) is 12.1 Å². The molecular formula is C26H20CuN4O3S. The molecule has 8 bridgehead atoms. The van der Waals surface area contributed by atoms with Gasteiger partial charge in [0.25, 0.3) is 10.1 Å². The molecule has 7 nitrogen and oxygen atoms in total. The van der Waals surface area contributed by atoms with Gasteiger partial charge in [-0.1, -0.05) is 18.2 Å². The van der Waals surface area contributed by atoms with Crippen molar-refractivity contribution in [3.63, 3.8) is 0 Å². The van der Waals surface area contributed by atoms with Crippen LogP contribution in [-0.2, 0) is 27.2 Å². The quantitative estimate of drug-likeness (QED) is 0.189. The summed E-state index contributed by atoms with van der Waals surface area (Å²) in [6, 6.07) is 23.8. The van der Waals surface area contributed by atoms with Gasteiger partial charge < -0.3 is 9.97 Å². The summed E-state index contributed by atoms with van der Waals surface area (Å²) in [6.45, 7) is 0. The minimum atomic E-state index is -4.00. The number of hydrogen-bond acceptors (Lipinski definition) is 4. The summed E-state index contributed by atoms with van der Waals surface area (Å²) in [4.78, 5) is 15.9. The van der Waals surface area contributed by atoms with Crippen molar-refractivity contribution in [2.75, 3.05) is 0 Å². The molecule has 2 aliphatic rings. The van der Waals surface area contributed by atoms with Gasteiger partial charge in [-0.15, -0.1) is 0 Å². The van der Waals surface area contributed by atoms with Crippen molar-refractivity contribution in [2.24, 2.45) is 0 Å². The fraction of sp³-hybridized carbons (Fsp3) is 0. The van der Waals surface area contributed by atoms with Crippen molar-refractivity contribution in [3.8, 4) is 0 Å². The van der Waals surface area contributed by atoms with E-state index in [9.17, 15) is 8.42 Å². The molecule has 9 heteroatoms. The van der Waals surface area contributed by atoms with Gasteiger partial charge in [-0.3, -0.25) is 4.55 Å². The monoisotopic (exact) mass is 531 g/mol. The van der Waals surface area contributed by atoms with E-state index in [0.29, 0.717) is 0 Å². The topological polar surface area (TPSA) is 112 Å². The molecule has 179 valence electrons. The Labute approximate surface area is 212 Å². The van der Waals surface area contributed by atoms with E-state index < -0.39 is 10.1 Å². The summed E-state index contributed by atoms with van der Waals surface area (Å²) >= 11 is 0. The molecule has 0 aliphatic carbocycles. The fourth-order valence-electron chi connectivity index (χ4n) is 3.54. The molecule has 3 N–H and O–H groups in total. The Morgan fingerprint density at radius 2 is 0.971 bits per heavy atom. The minimum absolute atomic E-state index is 0. The first-order valence-corrected chi connectivity index (χ1v) is 11.9. The van der Waals surface area contributed by atoms with E-state index in [1.807, 2.05) is 42.5 Å². The van der Waals surface area contributed by atoms with Gasteiger partial charge in [0.05, 0.1) is 27.7 Å². The predicted octanol–water partition coefficient (Wildman–Crippen LogP) is 5.59. The van der Waals surface area contributed by atoms with Crippen LogP contribution in [0.5, 0.6) is 0 Å². The summed E-state index contributed by atoms with van der Waals surface area (Å²) in [5.41, 5.74) is 7.86. The number of nitrogens with zero attached hydrogens (tertiary/aromatic N) is 2. The maximum absolute atomic E-state index is 10.4. The standard InChI is InChI=1S/C20H14N4.C6H6O3S.Cu/c1-2-14-10-16-5-6-18(23-16)12-20-8-7-19(24-20)11-17-4-3-15(22-17)9-13(1)21-14;7-10(8,9)6-4-2-1-3-5-6;/h1-12,21-22H;1-5H,(H,7,8,9);. The van der Waals surface area contributed by atoms with Gasteiger partial charge in [0.15, 0.2) is 0 Å². The van der Waals surface area contributed by atoms with Crippen molar-refractivity contribution < 1.29 is 30.0 Å².